The van der Waals surface area contributed by atoms with E-state index in [2.05, 4.69) is 4.72 Å². The van der Waals surface area contributed by atoms with E-state index in [1.807, 2.05) is 0 Å². The van der Waals surface area contributed by atoms with Gasteiger partial charge in [0.05, 0.1) is 23.8 Å². The number of nitrogens with one attached hydrogen (secondary N) is 1. The summed E-state index contributed by atoms with van der Waals surface area (Å²) < 4.78 is 68.9. The number of alkyl halides is 3. The molecule has 23 heavy (non-hydrogen) atoms. The molecule has 1 atom stereocenters. The van der Waals surface area contributed by atoms with Gasteiger partial charge in [-0.25, -0.2) is 13.1 Å². The maximum absolute atomic E-state index is 12.5. The number of furan rings is 1. The van der Waals surface area contributed by atoms with Crippen LogP contribution in [0.3, 0.4) is 0 Å². The molecule has 1 heterocycles. The average molecular weight is 347 g/mol. The summed E-state index contributed by atoms with van der Waals surface area (Å²) in [6.07, 6.45) is -0.947. The normalized spacial score (nSPS) is 13.9. The molecule has 8 heteroatoms. The van der Waals surface area contributed by atoms with Crippen molar-refractivity contribution in [1.29, 1.82) is 0 Å². The third-order valence-corrected chi connectivity index (χ3v) is 4.62. The highest BCUT2D eigenvalue weighted by Gasteiger charge is 2.30. The molecule has 0 spiro atoms. The molecule has 0 aliphatic carbocycles. The molecule has 0 saturated heterocycles. The Kier molecular flexibility index (Phi) is 5.16. The first-order valence-electron chi connectivity index (χ1n) is 6.83. The van der Waals surface area contributed by atoms with Crippen molar-refractivity contribution in [3.8, 4) is 0 Å². The van der Waals surface area contributed by atoms with E-state index in [1.54, 1.807) is 13.0 Å². The Hall–Kier alpha value is -1.80. The molecule has 0 amide bonds. The molecule has 0 fully saturated rings. The lowest BCUT2D eigenvalue weighted by atomic mass is 10.1. The number of rotatable bonds is 6. The zero-order chi connectivity index (χ0) is 17.1. The Morgan fingerprint density at radius 2 is 1.78 bits per heavy atom. The zero-order valence-corrected chi connectivity index (χ0v) is 13.1. The van der Waals surface area contributed by atoms with Gasteiger partial charge in [-0.15, -0.1) is 0 Å². The summed E-state index contributed by atoms with van der Waals surface area (Å²) in [5.41, 5.74) is 0.343. The highest BCUT2D eigenvalue weighted by molar-refractivity contribution is 7.88. The molecule has 126 valence electrons. The van der Waals surface area contributed by atoms with Crippen LogP contribution in [0.15, 0.2) is 47.3 Å². The summed E-state index contributed by atoms with van der Waals surface area (Å²) in [6.45, 7) is 1.71. The third kappa shape index (κ3) is 5.40. The van der Waals surface area contributed by atoms with E-state index in [0.717, 1.165) is 17.7 Å². The topological polar surface area (TPSA) is 59.3 Å². The van der Waals surface area contributed by atoms with Crippen LogP contribution in [0.25, 0.3) is 0 Å². The van der Waals surface area contributed by atoms with Gasteiger partial charge in [0.15, 0.2) is 0 Å². The van der Waals surface area contributed by atoms with Gasteiger partial charge in [-0.1, -0.05) is 12.1 Å². The average Bonchev–Trinajstić information content (AvgIpc) is 2.89. The van der Waals surface area contributed by atoms with Crippen molar-refractivity contribution in [3.05, 3.63) is 59.5 Å². The molecule has 4 nitrogen and oxygen atoms in total. The van der Waals surface area contributed by atoms with Crippen molar-refractivity contribution < 1.29 is 26.0 Å². The van der Waals surface area contributed by atoms with Gasteiger partial charge in [-0.3, -0.25) is 0 Å². The van der Waals surface area contributed by atoms with E-state index in [-0.39, 0.29) is 11.8 Å². The monoisotopic (exact) mass is 347 g/mol. The molecular formula is C15H16F3NO3S. The number of sulfonamides is 1. The Balaban J connectivity index is 1.97. The SMILES string of the molecule is CC(Cc1ccoc1)NS(=O)(=O)Cc1ccc(C(F)(F)F)cc1. The maximum atomic E-state index is 12.5. The first-order valence-corrected chi connectivity index (χ1v) is 8.48. The van der Waals surface area contributed by atoms with E-state index in [0.29, 0.717) is 12.0 Å². The van der Waals surface area contributed by atoms with Gasteiger partial charge in [0, 0.05) is 6.04 Å². The number of hydrogen-bond donors (Lipinski definition) is 1. The lowest BCUT2D eigenvalue weighted by Gasteiger charge is -2.14. The van der Waals surface area contributed by atoms with E-state index in [4.69, 9.17) is 4.42 Å². The van der Waals surface area contributed by atoms with Gasteiger partial charge in [-0.2, -0.15) is 13.2 Å². The molecule has 2 rings (SSSR count). The minimum absolute atomic E-state index is 0.293. The first kappa shape index (κ1) is 17.6. The highest BCUT2D eigenvalue weighted by Crippen LogP contribution is 2.29. The molecule has 0 radical (unpaired) electrons. The lowest BCUT2D eigenvalue weighted by molar-refractivity contribution is -0.137. The Morgan fingerprint density at radius 3 is 2.30 bits per heavy atom. The van der Waals surface area contributed by atoms with Crippen LogP contribution in [-0.4, -0.2) is 14.5 Å². The summed E-state index contributed by atoms with van der Waals surface area (Å²) in [4.78, 5) is 0. The molecule has 1 unspecified atom stereocenters. The summed E-state index contributed by atoms with van der Waals surface area (Å²) >= 11 is 0. The van der Waals surface area contributed by atoms with Crippen LogP contribution >= 0.6 is 0 Å². The van der Waals surface area contributed by atoms with Crippen molar-refractivity contribution in [2.24, 2.45) is 0 Å². The van der Waals surface area contributed by atoms with Crippen molar-refractivity contribution >= 4 is 10.0 Å². The van der Waals surface area contributed by atoms with Gasteiger partial charge in [-0.05, 0) is 42.7 Å². The summed E-state index contributed by atoms with van der Waals surface area (Å²) in [6, 6.07) is 5.47. The minimum atomic E-state index is -4.44. The summed E-state index contributed by atoms with van der Waals surface area (Å²) in [7, 11) is -3.65. The van der Waals surface area contributed by atoms with Crippen LogP contribution in [0, 0.1) is 0 Å². The van der Waals surface area contributed by atoms with Gasteiger partial charge < -0.3 is 4.42 Å². The van der Waals surface area contributed by atoms with Crippen LogP contribution in [0.4, 0.5) is 13.2 Å². The van der Waals surface area contributed by atoms with Crippen molar-refractivity contribution in [3.63, 3.8) is 0 Å². The first-order chi connectivity index (χ1) is 10.7. The lowest BCUT2D eigenvalue weighted by Crippen LogP contribution is -2.34. The largest absolute Gasteiger partial charge is 0.472 e. The predicted octanol–water partition coefficient (Wildman–Crippen LogP) is 3.35. The zero-order valence-electron chi connectivity index (χ0n) is 12.3. The summed E-state index contributed by atoms with van der Waals surface area (Å²) in [5, 5.41) is 0. The Bertz CT molecular complexity index is 722. The third-order valence-electron chi connectivity index (χ3n) is 3.14. The molecule has 1 aromatic carbocycles. The van der Waals surface area contributed by atoms with Crippen molar-refractivity contribution in [1.82, 2.24) is 4.72 Å². The standard InChI is InChI=1S/C15H16F3NO3S/c1-11(8-13-6-7-22-9-13)19-23(20,21)10-12-2-4-14(5-3-12)15(16,17)18/h2-7,9,11,19H,8,10H2,1H3. The summed E-state index contributed by atoms with van der Waals surface area (Å²) in [5.74, 6) is -0.374. The molecule has 2 aromatic rings. The van der Waals surface area contributed by atoms with Crippen molar-refractivity contribution in [2.45, 2.75) is 31.3 Å². The molecule has 0 aliphatic rings. The van der Waals surface area contributed by atoms with Gasteiger partial charge in [0.25, 0.3) is 0 Å². The van der Waals surface area contributed by atoms with Crippen LogP contribution in [0.1, 0.15) is 23.6 Å². The van der Waals surface area contributed by atoms with Crippen LogP contribution < -0.4 is 4.72 Å². The molecule has 0 saturated carbocycles. The quantitative estimate of drug-likeness (QED) is 0.872. The van der Waals surface area contributed by atoms with Crippen molar-refractivity contribution in [2.75, 3.05) is 0 Å². The minimum Gasteiger partial charge on any atom is -0.472 e. The van der Waals surface area contributed by atoms with Gasteiger partial charge >= 0.3 is 6.18 Å². The van der Waals surface area contributed by atoms with E-state index in [9.17, 15) is 21.6 Å². The van der Waals surface area contributed by atoms with Gasteiger partial charge in [0.1, 0.15) is 0 Å². The molecule has 1 N–H and O–H groups in total. The smallest absolute Gasteiger partial charge is 0.416 e. The highest BCUT2D eigenvalue weighted by atomic mass is 32.2. The van der Waals surface area contributed by atoms with Crippen LogP contribution in [-0.2, 0) is 28.4 Å². The maximum Gasteiger partial charge on any atom is 0.416 e. The second-order valence-electron chi connectivity index (χ2n) is 5.31. The number of benzene rings is 1. The van der Waals surface area contributed by atoms with Crippen LogP contribution in [0.2, 0.25) is 0 Å². The fourth-order valence-electron chi connectivity index (χ4n) is 2.16. The van der Waals surface area contributed by atoms with Crippen LogP contribution in [0.5, 0.6) is 0 Å². The molecule has 0 bridgehead atoms. The second-order valence-corrected chi connectivity index (χ2v) is 7.06. The second kappa shape index (κ2) is 6.76. The van der Waals surface area contributed by atoms with E-state index in [1.165, 1.54) is 24.7 Å². The number of hydrogen-bond acceptors (Lipinski definition) is 3. The molecular weight excluding hydrogens is 331 g/mol. The number of halogens is 3. The van der Waals surface area contributed by atoms with E-state index >= 15 is 0 Å². The Morgan fingerprint density at radius 1 is 1.13 bits per heavy atom. The van der Waals surface area contributed by atoms with E-state index < -0.39 is 21.8 Å². The molecule has 1 aromatic heterocycles. The Labute approximate surface area is 132 Å². The fraction of sp³-hybridized carbons (Fsp3) is 0.333. The predicted molar refractivity (Wildman–Crippen MR) is 79.1 cm³/mol. The molecule has 0 aliphatic heterocycles. The van der Waals surface area contributed by atoms with Gasteiger partial charge in [0.2, 0.25) is 10.0 Å². The fourth-order valence-corrected chi connectivity index (χ4v) is 3.57.